The quantitative estimate of drug-likeness (QED) is 0.369. The maximum atomic E-state index is 8.74. The molecule has 0 atom stereocenters. The van der Waals surface area contributed by atoms with Crippen LogP contribution in [-0.2, 0) is 4.46 Å². The maximum absolute atomic E-state index is 8.74. The molecular weight excluding hydrogens is 149 g/mol. The molecule has 0 radical (unpaired) electrons. The third-order valence-corrected chi connectivity index (χ3v) is 0. The average Bonchev–Trinajstić information content (AvgIpc) is 0.811. The van der Waals surface area contributed by atoms with Crippen molar-refractivity contribution in [3.8, 4) is 0 Å². The van der Waals surface area contributed by atoms with E-state index in [9.17, 15) is 0 Å². The van der Waals surface area contributed by atoms with Gasteiger partial charge in [0, 0.05) is 0 Å². The zero-order valence-electron chi connectivity index (χ0n) is 3.92. The third kappa shape index (κ3) is 75.5. The molecule has 0 fully saturated rings. The van der Waals surface area contributed by atoms with Gasteiger partial charge in [0.15, 0.2) is 0 Å². The fourth-order valence-electron chi connectivity index (χ4n) is 0. The van der Waals surface area contributed by atoms with Crippen LogP contribution in [0.2, 0.25) is 0 Å². The van der Waals surface area contributed by atoms with Gasteiger partial charge in [0.1, 0.15) is 0 Å². The Morgan fingerprint density at radius 2 is 1.00 bits per heavy atom. The molecule has 0 aliphatic heterocycles. The molecule has 2 N–H and O–H groups in total. The van der Waals surface area contributed by atoms with Crippen LogP contribution in [0.1, 0.15) is 0 Å². The van der Waals surface area contributed by atoms with Gasteiger partial charge in [-0.3, -0.25) is 4.46 Å². The summed E-state index contributed by atoms with van der Waals surface area (Å²) in [6.45, 7) is 0. The topological polar surface area (TPSA) is 57.5 Å². The minimum atomic E-state index is -3.13. The zero-order valence-corrected chi connectivity index (χ0v) is 9.17. The van der Waals surface area contributed by atoms with Crippen LogP contribution in [0.4, 0.5) is 0 Å². The second kappa shape index (κ2) is 15.7. The van der Waals surface area contributed by atoms with Gasteiger partial charge in [0.05, 0.1) is 0 Å². The molecule has 0 aromatic rings. The van der Waals surface area contributed by atoms with E-state index >= 15 is 0 Å². The normalized spacial score (nSPS) is 3.43. The Bertz CT molecular complexity index is 33.2. The average molecular weight is 151 g/mol. The molecule has 0 amide bonds. The number of hydrogen-bond acceptors (Lipinski definition) is 1. The van der Waals surface area contributed by atoms with Crippen LogP contribution in [-0.4, -0.2) is 87.9 Å². The summed E-state index contributed by atoms with van der Waals surface area (Å²) < 4.78 is 8.74. The Morgan fingerprint density at radius 1 is 1.00 bits per heavy atom. The van der Waals surface area contributed by atoms with Gasteiger partial charge in [0.2, 0.25) is 0 Å². The SMILES string of the molecule is O=[Si](O)O.[Mg+2].[Mg+2].[Mg+2]. The summed E-state index contributed by atoms with van der Waals surface area (Å²) in [4.78, 5) is 14.3. The molecular formula is H2Mg3O3Si+6. The summed E-state index contributed by atoms with van der Waals surface area (Å²) in [7, 11) is -3.13. The summed E-state index contributed by atoms with van der Waals surface area (Å²) >= 11 is 0. The second-order valence-electron chi connectivity index (χ2n) is 0.283. The molecule has 7 heavy (non-hydrogen) atoms. The van der Waals surface area contributed by atoms with Gasteiger partial charge < -0.3 is 9.59 Å². The Labute approximate surface area is 91.2 Å². The van der Waals surface area contributed by atoms with Gasteiger partial charge in [-0.15, -0.1) is 0 Å². The van der Waals surface area contributed by atoms with Crippen molar-refractivity contribution >= 4 is 78.3 Å². The fourth-order valence-corrected chi connectivity index (χ4v) is 0. The summed E-state index contributed by atoms with van der Waals surface area (Å²) in [5.41, 5.74) is 0. The first-order chi connectivity index (χ1) is 1.73. The minimum absolute atomic E-state index is 0. The Kier molecular flexibility index (Phi) is 51.7. The van der Waals surface area contributed by atoms with Gasteiger partial charge in [0.25, 0.3) is 0 Å². The molecule has 0 saturated heterocycles. The third-order valence-electron chi connectivity index (χ3n) is 0. The molecule has 0 aromatic heterocycles. The predicted octanol–water partition coefficient (Wildman–Crippen LogP) is -2.76. The van der Waals surface area contributed by atoms with Gasteiger partial charge in [-0.1, -0.05) is 0 Å². The smallest absolute Gasteiger partial charge is 0.511 e. The fraction of sp³-hybridized carbons (Fsp3) is 0. The van der Waals surface area contributed by atoms with Crippen LogP contribution in [0.15, 0.2) is 0 Å². The first kappa shape index (κ1) is 23.1. The number of hydrogen-bond donors (Lipinski definition) is 2. The monoisotopic (exact) mass is 150 g/mol. The van der Waals surface area contributed by atoms with E-state index in [1.54, 1.807) is 0 Å². The van der Waals surface area contributed by atoms with Crippen LogP contribution in [0.3, 0.4) is 0 Å². The maximum Gasteiger partial charge on any atom is 2.00 e. The van der Waals surface area contributed by atoms with Gasteiger partial charge in [-0.25, -0.2) is 0 Å². The summed E-state index contributed by atoms with van der Waals surface area (Å²) in [5, 5.41) is 0. The molecule has 0 aliphatic rings. The molecule has 0 saturated carbocycles. The minimum Gasteiger partial charge on any atom is -0.511 e. The van der Waals surface area contributed by atoms with Crippen LogP contribution in [0.5, 0.6) is 0 Å². The van der Waals surface area contributed by atoms with Crippen molar-refractivity contribution in [2.24, 2.45) is 0 Å². The van der Waals surface area contributed by atoms with Crippen molar-refractivity contribution < 1.29 is 14.1 Å². The molecule has 0 heterocycles. The predicted molar refractivity (Wildman–Crippen MR) is 28.1 cm³/mol. The van der Waals surface area contributed by atoms with E-state index < -0.39 is 9.17 Å². The van der Waals surface area contributed by atoms with Gasteiger partial charge in [-0.2, -0.15) is 0 Å². The van der Waals surface area contributed by atoms with Gasteiger partial charge in [-0.05, 0) is 0 Å². The molecule has 0 rings (SSSR count). The molecule has 0 spiro atoms. The van der Waals surface area contributed by atoms with Gasteiger partial charge >= 0.3 is 78.3 Å². The zero-order chi connectivity index (χ0) is 3.58. The van der Waals surface area contributed by atoms with Crippen LogP contribution < -0.4 is 0 Å². The molecule has 7 heteroatoms. The Morgan fingerprint density at radius 3 is 1.00 bits per heavy atom. The summed E-state index contributed by atoms with van der Waals surface area (Å²) in [6, 6.07) is 0. The van der Waals surface area contributed by atoms with Crippen molar-refractivity contribution in [3.05, 3.63) is 0 Å². The molecule has 24 valence electrons. The van der Waals surface area contributed by atoms with E-state index in [0.29, 0.717) is 0 Å². The van der Waals surface area contributed by atoms with Crippen molar-refractivity contribution in [1.29, 1.82) is 0 Å². The van der Waals surface area contributed by atoms with E-state index in [1.807, 2.05) is 0 Å². The summed E-state index contributed by atoms with van der Waals surface area (Å²) in [6.07, 6.45) is 0. The van der Waals surface area contributed by atoms with Crippen LogP contribution in [0, 0.1) is 0 Å². The van der Waals surface area contributed by atoms with Crippen molar-refractivity contribution in [3.63, 3.8) is 0 Å². The van der Waals surface area contributed by atoms with E-state index in [4.69, 9.17) is 14.1 Å². The van der Waals surface area contributed by atoms with E-state index in [-0.39, 0.29) is 69.2 Å². The molecule has 0 unspecified atom stereocenters. The van der Waals surface area contributed by atoms with Crippen LogP contribution >= 0.6 is 0 Å². The van der Waals surface area contributed by atoms with E-state index in [1.165, 1.54) is 0 Å². The second-order valence-corrected chi connectivity index (χ2v) is 0.848. The summed E-state index contributed by atoms with van der Waals surface area (Å²) in [5.74, 6) is 0. The van der Waals surface area contributed by atoms with Crippen molar-refractivity contribution in [2.75, 3.05) is 0 Å². The number of rotatable bonds is 0. The first-order valence-corrected chi connectivity index (χ1v) is 1.95. The molecule has 0 aliphatic carbocycles. The molecule has 0 bridgehead atoms. The Balaban J connectivity index is -0.0000000150. The molecule has 3 nitrogen and oxygen atoms in total. The van der Waals surface area contributed by atoms with Crippen LogP contribution in [0.25, 0.3) is 0 Å². The molecule has 0 aromatic carbocycles. The van der Waals surface area contributed by atoms with E-state index in [0.717, 1.165) is 0 Å². The first-order valence-electron chi connectivity index (χ1n) is 0.651. The van der Waals surface area contributed by atoms with Crippen molar-refractivity contribution in [1.82, 2.24) is 0 Å². The Hall–Kier alpha value is 1.92. The van der Waals surface area contributed by atoms with E-state index in [2.05, 4.69) is 0 Å². The standard InChI is InChI=1S/3Mg.H2O3Si/c;;;1-4(2)3/h;;;1-2H/q3*+2;. The van der Waals surface area contributed by atoms with Crippen molar-refractivity contribution in [2.45, 2.75) is 0 Å². The largest absolute Gasteiger partial charge is 2.00 e.